The van der Waals surface area contributed by atoms with E-state index in [4.69, 9.17) is 14.2 Å². The monoisotopic (exact) mass is 432 g/mol. The minimum atomic E-state index is -5.03. The summed E-state index contributed by atoms with van der Waals surface area (Å²) < 4.78 is 57.3. The van der Waals surface area contributed by atoms with Crippen LogP contribution in [0.5, 0.6) is 0 Å². The van der Waals surface area contributed by atoms with Crippen molar-refractivity contribution in [1.82, 2.24) is 0 Å². The number of hydrogen-bond donors (Lipinski definition) is 0. The summed E-state index contributed by atoms with van der Waals surface area (Å²) in [6.45, 7) is 8.23. The second-order valence-corrected chi connectivity index (χ2v) is 7.56. The smallest absolute Gasteiger partial charge is 0.461 e. The van der Waals surface area contributed by atoms with Crippen LogP contribution in [0.4, 0.5) is 13.2 Å². The lowest BCUT2D eigenvalue weighted by molar-refractivity contribution is -0.202. The lowest BCUT2D eigenvalue weighted by Crippen LogP contribution is -2.42. The van der Waals surface area contributed by atoms with Gasteiger partial charge < -0.3 is 18.9 Å². The number of carbonyl (C=O) groups excluding carboxylic acids is 2. The van der Waals surface area contributed by atoms with Crippen molar-refractivity contribution in [1.29, 1.82) is 0 Å². The van der Waals surface area contributed by atoms with Gasteiger partial charge in [-0.25, -0.2) is 9.59 Å². The molecule has 28 heavy (non-hydrogen) atoms. The van der Waals surface area contributed by atoms with Gasteiger partial charge in [-0.2, -0.15) is 13.2 Å². The molecule has 0 N–H and O–H groups in total. The van der Waals surface area contributed by atoms with Crippen LogP contribution < -0.4 is 0 Å². The Morgan fingerprint density at radius 3 is 2.04 bits per heavy atom. The fourth-order valence-corrected chi connectivity index (χ4v) is 2.33. The molecule has 0 fully saturated rings. The molecule has 0 aromatic rings. The maximum absolute atomic E-state index is 12.5. The van der Waals surface area contributed by atoms with Crippen LogP contribution in [0.1, 0.15) is 47.5 Å². The molecule has 0 aromatic carbocycles. The number of carbonyl (C=O) groups is 2. The zero-order valence-electron chi connectivity index (χ0n) is 17.1. The van der Waals surface area contributed by atoms with Gasteiger partial charge in [0.15, 0.2) is 5.60 Å². The van der Waals surface area contributed by atoms with E-state index in [0.29, 0.717) is 12.8 Å². The van der Waals surface area contributed by atoms with Crippen LogP contribution in [-0.4, -0.2) is 61.9 Å². The Balaban J connectivity index is 4.59. The van der Waals surface area contributed by atoms with Crippen molar-refractivity contribution in [2.24, 2.45) is 5.92 Å². The Morgan fingerprint density at radius 2 is 1.54 bits per heavy atom. The van der Waals surface area contributed by atoms with Crippen LogP contribution in [0.25, 0.3) is 0 Å². The Bertz CT molecular complexity index is 488. The highest BCUT2D eigenvalue weighted by Gasteiger charge is 2.41. The van der Waals surface area contributed by atoms with Crippen LogP contribution in [0.2, 0.25) is 0 Å². The molecule has 0 aliphatic carbocycles. The Hall–Kier alpha value is -0.920. The van der Waals surface area contributed by atoms with Crippen LogP contribution in [0.3, 0.4) is 0 Å². The predicted molar refractivity (Wildman–Crippen MR) is 101 cm³/mol. The molecule has 0 spiro atoms. The van der Waals surface area contributed by atoms with Gasteiger partial charge in [0.05, 0.1) is 25.4 Å². The average molecular weight is 432 g/mol. The predicted octanol–water partition coefficient (Wildman–Crippen LogP) is 3.52. The summed E-state index contributed by atoms with van der Waals surface area (Å²) in [4.78, 5) is 23.2. The first-order valence-electron chi connectivity index (χ1n) is 9.26. The molecule has 5 unspecified atom stereocenters. The van der Waals surface area contributed by atoms with E-state index >= 15 is 0 Å². The molecule has 0 saturated heterocycles. The van der Waals surface area contributed by atoms with E-state index in [0.717, 1.165) is 6.16 Å². The summed E-state index contributed by atoms with van der Waals surface area (Å²) in [5.41, 5.74) is -1.25. The van der Waals surface area contributed by atoms with Gasteiger partial charge in [0.2, 0.25) is 0 Å². The molecule has 5 atom stereocenters. The molecule has 0 aromatic heterocycles. The first-order chi connectivity index (χ1) is 12.9. The molecular formula is C18H32F3O6P. The van der Waals surface area contributed by atoms with Crippen LogP contribution in [0, 0.1) is 5.92 Å². The summed E-state index contributed by atoms with van der Waals surface area (Å²) in [5.74, 6) is -3.34. The largest absolute Gasteiger partial charge is 0.490 e. The van der Waals surface area contributed by atoms with E-state index in [1.165, 1.54) is 0 Å². The number of rotatable bonds is 13. The van der Waals surface area contributed by atoms with Crippen molar-refractivity contribution in [3.05, 3.63) is 0 Å². The van der Waals surface area contributed by atoms with E-state index in [1.54, 1.807) is 20.8 Å². The van der Waals surface area contributed by atoms with E-state index in [1.807, 2.05) is 13.8 Å². The Labute approximate surface area is 167 Å². The topological polar surface area (TPSA) is 71.1 Å². The first kappa shape index (κ1) is 27.1. The Morgan fingerprint density at radius 1 is 0.964 bits per heavy atom. The third-order valence-corrected chi connectivity index (χ3v) is 4.49. The highest BCUT2D eigenvalue weighted by Crippen LogP contribution is 2.22. The lowest BCUT2D eigenvalue weighted by atomic mass is 10.00. The molecule has 6 nitrogen and oxygen atoms in total. The van der Waals surface area contributed by atoms with E-state index in [2.05, 4.69) is 14.0 Å². The van der Waals surface area contributed by atoms with Gasteiger partial charge >= 0.3 is 18.1 Å². The maximum Gasteiger partial charge on any atom is 0.490 e. The van der Waals surface area contributed by atoms with Crippen LogP contribution in [0.15, 0.2) is 0 Å². The second-order valence-electron chi connectivity index (χ2n) is 7.08. The number of alkyl halides is 3. The normalized spacial score (nSPS) is 17.3. The molecule has 10 heteroatoms. The number of ether oxygens (including phenoxy) is 4. The van der Waals surface area contributed by atoms with Crippen molar-refractivity contribution < 1.29 is 41.7 Å². The van der Waals surface area contributed by atoms with Gasteiger partial charge in [-0.3, -0.25) is 0 Å². The van der Waals surface area contributed by atoms with Crippen molar-refractivity contribution in [3.8, 4) is 0 Å². The van der Waals surface area contributed by atoms with E-state index in [9.17, 15) is 22.8 Å². The van der Waals surface area contributed by atoms with Gasteiger partial charge in [0.25, 0.3) is 0 Å². The SMILES string of the molecule is CCCC(C)(OCC(C)COC(=O)C(F)(F)F)C(=O)OCC(C)OC(C)CP. The molecular weight excluding hydrogens is 400 g/mol. The number of halogens is 3. The van der Waals surface area contributed by atoms with Crippen molar-refractivity contribution in [2.75, 3.05) is 26.0 Å². The van der Waals surface area contributed by atoms with Gasteiger partial charge in [-0.1, -0.05) is 20.3 Å². The summed E-state index contributed by atoms with van der Waals surface area (Å²) in [5, 5.41) is 0. The summed E-state index contributed by atoms with van der Waals surface area (Å²) in [7, 11) is 2.57. The third-order valence-electron chi connectivity index (χ3n) is 3.82. The van der Waals surface area contributed by atoms with Crippen LogP contribution in [-0.2, 0) is 28.5 Å². The highest BCUT2D eigenvalue weighted by atomic mass is 31.0. The van der Waals surface area contributed by atoms with Gasteiger partial charge in [-0.05, 0) is 33.4 Å². The molecule has 0 aliphatic rings. The maximum atomic E-state index is 12.5. The zero-order valence-corrected chi connectivity index (χ0v) is 18.3. The minimum absolute atomic E-state index is 0.0113. The summed E-state index contributed by atoms with van der Waals surface area (Å²) in [6.07, 6.45) is -3.54. The summed E-state index contributed by atoms with van der Waals surface area (Å²) >= 11 is 0. The molecule has 0 saturated carbocycles. The molecule has 0 heterocycles. The third kappa shape index (κ3) is 10.6. The molecule has 0 aliphatic heterocycles. The molecule has 166 valence electrons. The minimum Gasteiger partial charge on any atom is -0.461 e. The number of hydrogen-bond acceptors (Lipinski definition) is 6. The molecule has 0 rings (SSSR count). The summed E-state index contributed by atoms with van der Waals surface area (Å²) in [6, 6.07) is 0. The molecule has 0 amide bonds. The van der Waals surface area contributed by atoms with Gasteiger partial charge in [0, 0.05) is 5.92 Å². The van der Waals surface area contributed by atoms with Gasteiger partial charge in [0.1, 0.15) is 6.61 Å². The second kappa shape index (κ2) is 12.6. The molecule has 0 bridgehead atoms. The van der Waals surface area contributed by atoms with Crippen molar-refractivity contribution in [3.63, 3.8) is 0 Å². The first-order valence-corrected chi connectivity index (χ1v) is 10.1. The standard InChI is InChI=1S/C18H32F3O6P/c1-6-7-17(5,15(22)25-10-13(3)27-14(4)11-28)26-9-12(2)8-24-16(23)18(19,20)21/h12-14H,6-11,28H2,1-5H3. The average Bonchev–Trinajstić information content (AvgIpc) is 2.61. The van der Waals surface area contributed by atoms with E-state index in [-0.39, 0.29) is 25.4 Å². The van der Waals surface area contributed by atoms with Crippen molar-refractivity contribution >= 4 is 21.2 Å². The number of esters is 2. The fourth-order valence-electron chi connectivity index (χ4n) is 2.22. The van der Waals surface area contributed by atoms with E-state index < -0.39 is 36.2 Å². The zero-order chi connectivity index (χ0) is 22.0. The fraction of sp³-hybridized carbons (Fsp3) is 0.889. The molecule has 0 radical (unpaired) electrons. The quantitative estimate of drug-likeness (QED) is 0.328. The van der Waals surface area contributed by atoms with Crippen molar-refractivity contribution in [2.45, 2.75) is 71.4 Å². The lowest BCUT2D eigenvalue weighted by Gasteiger charge is -2.29. The Kier molecular flexibility index (Phi) is 12.2. The van der Waals surface area contributed by atoms with Crippen LogP contribution >= 0.6 is 9.24 Å². The highest BCUT2D eigenvalue weighted by molar-refractivity contribution is 7.16. The van der Waals surface area contributed by atoms with Gasteiger partial charge in [-0.15, -0.1) is 9.24 Å².